The monoisotopic (exact) mass is 134 g/mol. The topological polar surface area (TPSA) is 26.3 Å². The summed E-state index contributed by atoms with van der Waals surface area (Å²) in [5.74, 6) is -0.394. The molecular weight excluding hydrogens is 120 g/mol. The van der Waals surface area contributed by atoms with Gasteiger partial charge in [-0.3, -0.25) is 0 Å². The highest BCUT2D eigenvalue weighted by Crippen LogP contribution is 1.67. The van der Waals surface area contributed by atoms with Crippen molar-refractivity contribution in [1.82, 2.24) is 0 Å². The zero-order valence-corrected chi connectivity index (χ0v) is 3.60. The third kappa shape index (κ3) is 9.06. The Kier molecular flexibility index (Phi) is 18.9. The van der Waals surface area contributed by atoms with Crippen molar-refractivity contribution in [3.8, 4) is 0 Å². The number of methoxy groups -OCH3 is 1. The van der Waals surface area contributed by atoms with Gasteiger partial charge in [-0.05, 0) is 11.0 Å². The van der Waals surface area contributed by atoms with Crippen molar-refractivity contribution in [2.75, 3.05) is 7.11 Å². The average Bonchev–Trinajstić information content (AvgIpc) is 1.65. The lowest BCUT2D eigenvalue weighted by molar-refractivity contribution is -0.134. The van der Waals surface area contributed by atoms with Crippen LogP contribution < -0.4 is 0 Å². The van der Waals surface area contributed by atoms with Gasteiger partial charge in [0.2, 0.25) is 0 Å². The third-order valence-electron chi connectivity index (χ3n) is 0.368. The van der Waals surface area contributed by atoms with Crippen LogP contribution >= 0.6 is 0 Å². The molecule has 0 N–H and O–H groups in total. The van der Waals surface area contributed by atoms with Crippen molar-refractivity contribution < 1.29 is 9.53 Å². The van der Waals surface area contributed by atoms with Crippen molar-refractivity contribution in [1.29, 1.82) is 0 Å². The summed E-state index contributed by atoms with van der Waals surface area (Å²) in [6.45, 7) is 3.16. The van der Waals surface area contributed by atoms with E-state index in [4.69, 9.17) is 0 Å². The molecule has 0 rings (SSSR count). The molecule has 0 aliphatic carbocycles. The van der Waals surface area contributed by atoms with Crippen LogP contribution in [0.1, 0.15) is 7.43 Å². The Morgan fingerprint density at radius 2 is 2.12 bits per heavy atom. The maximum Gasteiger partial charge on any atom is 0.329 e. The lowest BCUT2D eigenvalue weighted by Gasteiger charge is -1.83. The number of hydrogen-bond acceptors (Lipinski definition) is 2. The van der Waals surface area contributed by atoms with Gasteiger partial charge in [-0.2, -0.15) is 0 Å². The minimum absolute atomic E-state index is 0. The normalized spacial score (nSPS) is 5.12. The van der Waals surface area contributed by atoms with Crippen LogP contribution in [0.5, 0.6) is 0 Å². The molecular formula is C5H14O2Si. The fraction of sp³-hybridized carbons (Fsp3) is 0.400. The molecule has 0 aromatic heterocycles. The van der Waals surface area contributed by atoms with Gasteiger partial charge in [0.25, 0.3) is 0 Å². The fourth-order valence-corrected chi connectivity index (χ4v) is 0.0833. The van der Waals surface area contributed by atoms with E-state index in [9.17, 15) is 4.79 Å². The molecule has 0 atom stereocenters. The molecule has 0 aliphatic heterocycles. The second-order valence-corrected chi connectivity index (χ2v) is 0.727. The molecule has 0 bridgehead atoms. The van der Waals surface area contributed by atoms with Gasteiger partial charge in [0.15, 0.2) is 0 Å². The molecule has 50 valence electrons. The van der Waals surface area contributed by atoms with E-state index in [-0.39, 0.29) is 18.4 Å². The summed E-state index contributed by atoms with van der Waals surface area (Å²) in [6.07, 6.45) is 1.11. The Hall–Kier alpha value is -0.573. The predicted octanol–water partition coefficient (Wildman–Crippen LogP) is -0.470. The summed E-state index contributed by atoms with van der Waals surface area (Å²) in [7, 11) is 1.31. The second kappa shape index (κ2) is 9.66. The maximum atomic E-state index is 9.84. The molecule has 0 aromatic carbocycles. The summed E-state index contributed by atoms with van der Waals surface area (Å²) >= 11 is 0. The summed E-state index contributed by atoms with van der Waals surface area (Å²) < 4.78 is 4.14. The van der Waals surface area contributed by atoms with E-state index in [2.05, 4.69) is 11.3 Å². The zero-order chi connectivity index (χ0) is 4.99. The van der Waals surface area contributed by atoms with Gasteiger partial charge in [-0.15, -0.1) is 0 Å². The summed E-state index contributed by atoms with van der Waals surface area (Å²) in [4.78, 5) is 9.84. The number of rotatable bonds is 1. The molecule has 0 saturated heterocycles. The van der Waals surface area contributed by atoms with E-state index in [0.717, 1.165) is 6.08 Å². The summed E-state index contributed by atoms with van der Waals surface area (Å²) in [6, 6.07) is 0. The van der Waals surface area contributed by atoms with Crippen LogP contribution in [0.2, 0.25) is 0 Å². The zero-order valence-electron chi connectivity index (χ0n) is 3.60. The van der Waals surface area contributed by atoms with E-state index >= 15 is 0 Å². The molecule has 0 aliphatic rings. The van der Waals surface area contributed by atoms with Crippen LogP contribution in [0.25, 0.3) is 0 Å². The Bertz CT molecular complexity index is 70.8. The van der Waals surface area contributed by atoms with E-state index in [0.29, 0.717) is 0 Å². The van der Waals surface area contributed by atoms with Crippen LogP contribution in [0.3, 0.4) is 0 Å². The van der Waals surface area contributed by atoms with Crippen LogP contribution in [0.4, 0.5) is 0 Å². The molecule has 2 nitrogen and oxygen atoms in total. The average molecular weight is 134 g/mol. The number of hydrogen-bond donors (Lipinski definition) is 0. The second-order valence-electron chi connectivity index (χ2n) is 0.727. The van der Waals surface area contributed by atoms with Crippen LogP contribution in [-0.4, -0.2) is 24.0 Å². The number of ether oxygens (including phenoxy) is 1. The first-order valence-corrected chi connectivity index (χ1v) is 1.51. The molecule has 3 heteroatoms. The Labute approximate surface area is 54.6 Å². The molecule has 0 radical (unpaired) electrons. The lowest BCUT2D eigenvalue weighted by Crippen LogP contribution is -1.91. The van der Waals surface area contributed by atoms with Gasteiger partial charge in [0, 0.05) is 6.08 Å². The maximum absolute atomic E-state index is 9.84. The predicted molar refractivity (Wildman–Crippen MR) is 40.3 cm³/mol. The fourth-order valence-electron chi connectivity index (χ4n) is 0.0833. The Morgan fingerprint density at radius 3 is 2.12 bits per heavy atom. The SMILES string of the molecule is C.C=CC(=O)OC.[SiH4]. The molecule has 0 saturated carbocycles. The molecule has 0 amide bonds. The van der Waals surface area contributed by atoms with Gasteiger partial charge in [-0.1, -0.05) is 14.0 Å². The van der Waals surface area contributed by atoms with Crippen LogP contribution in [0, 0.1) is 0 Å². The lowest BCUT2D eigenvalue weighted by atomic mass is 10.7. The standard InChI is InChI=1S/C4H6O2.CH4.H4Si/c1-3-4(5)6-2;;/h3H,1H2,2H3;2*1H4. The smallest absolute Gasteiger partial charge is 0.329 e. The van der Waals surface area contributed by atoms with Gasteiger partial charge in [0.05, 0.1) is 7.11 Å². The van der Waals surface area contributed by atoms with Crippen molar-refractivity contribution >= 4 is 16.9 Å². The molecule has 0 spiro atoms. The van der Waals surface area contributed by atoms with Gasteiger partial charge in [-0.25, -0.2) is 4.79 Å². The molecule has 0 heterocycles. The van der Waals surface area contributed by atoms with Crippen molar-refractivity contribution in [2.24, 2.45) is 0 Å². The molecule has 0 fully saturated rings. The Balaban J connectivity index is -0.000000125. The number of esters is 1. The first-order chi connectivity index (χ1) is 2.81. The third-order valence-corrected chi connectivity index (χ3v) is 0.368. The van der Waals surface area contributed by atoms with Crippen molar-refractivity contribution in [3.05, 3.63) is 12.7 Å². The van der Waals surface area contributed by atoms with Crippen molar-refractivity contribution in [3.63, 3.8) is 0 Å². The van der Waals surface area contributed by atoms with Crippen molar-refractivity contribution in [2.45, 2.75) is 7.43 Å². The highest BCUT2D eigenvalue weighted by Gasteiger charge is 1.81. The van der Waals surface area contributed by atoms with E-state index in [1.165, 1.54) is 7.11 Å². The first kappa shape index (κ1) is 15.7. The van der Waals surface area contributed by atoms with Crippen LogP contribution in [-0.2, 0) is 9.53 Å². The summed E-state index contributed by atoms with van der Waals surface area (Å²) in [5.41, 5.74) is 0. The van der Waals surface area contributed by atoms with E-state index < -0.39 is 5.97 Å². The van der Waals surface area contributed by atoms with Gasteiger partial charge < -0.3 is 4.74 Å². The summed E-state index contributed by atoms with van der Waals surface area (Å²) in [5, 5.41) is 0. The van der Waals surface area contributed by atoms with Crippen LogP contribution in [0.15, 0.2) is 12.7 Å². The highest BCUT2D eigenvalue weighted by molar-refractivity contribution is 5.80. The van der Waals surface area contributed by atoms with E-state index in [1.54, 1.807) is 0 Å². The van der Waals surface area contributed by atoms with Gasteiger partial charge >= 0.3 is 5.97 Å². The Morgan fingerprint density at radius 1 is 1.75 bits per heavy atom. The van der Waals surface area contributed by atoms with E-state index in [1.807, 2.05) is 0 Å². The quantitative estimate of drug-likeness (QED) is 0.275. The van der Waals surface area contributed by atoms with Gasteiger partial charge in [0.1, 0.15) is 0 Å². The largest absolute Gasteiger partial charge is 0.466 e. The number of carbonyl (C=O) groups is 1. The molecule has 0 unspecified atom stereocenters. The molecule has 0 aromatic rings. The molecule has 8 heavy (non-hydrogen) atoms. The first-order valence-electron chi connectivity index (χ1n) is 1.51. The minimum atomic E-state index is -0.394. The highest BCUT2D eigenvalue weighted by atomic mass is 28.1. The minimum Gasteiger partial charge on any atom is -0.466 e. The number of carbonyl (C=O) groups excluding carboxylic acids is 1.